The van der Waals surface area contributed by atoms with Gasteiger partial charge in [0.05, 0.1) is 18.9 Å². The van der Waals surface area contributed by atoms with Crippen LogP contribution in [-0.2, 0) is 4.74 Å². The molecule has 5 nitrogen and oxygen atoms in total. The van der Waals surface area contributed by atoms with E-state index in [0.29, 0.717) is 6.61 Å². The highest BCUT2D eigenvalue weighted by Gasteiger charge is 2.16. The number of hydrogen-bond acceptors (Lipinski definition) is 4. The van der Waals surface area contributed by atoms with Gasteiger partial charge in [0.2, 0.25) is 0 Å². The lowest BCUT2D eigenvalue weighted by atomic mass is 9.99. The van der Waals surface area contributed by atoms with Gasteiger partial charge in [-0.2, -0.15) is 0 Å². The Morgan fingerprint density at radius 1 is 1.00 bits per heavy atom. The van der Waals surface area contributed by atoms with Crippen LogP contribution >= 0.6 is 15.9 Å². The first-order chi connectivity index (χ1) is 15.3. The fourth-order valence-electron chi connectivity index (χ4n) is 4.00. The molecule has 3 heterocycles. The Balaban J connectivity index is 1.41. The van der Waals surface area contributed by atoms with Crippen molar-refractivity contribution in [1.82, 2.24) is 14.9 Å². The zero-order valence-electron chi connectivity index (χ0n) is 17.2. The van der Waals surface area contributed by atoms with E-state index in [2.05, 4.69) is 73.3 Å². The van der Waals surface area contributed by atoms with E-state index in [-0.39, 0.29) is 0 Å². The van der Waals surface area contributed by atoms with Crippen LogP contribution in [0.25, 0.3) is 33.4 Å². The van der Waals surface area contributed by atoms with Crippen molar-refractivity contribution in [2.75, 3.05) is 39.5 Å². The summed E-state index contributed by atoms with van der Waals surface area (Å²) in [6.45, 7) is 5.19. The maximum Gasteiger partial charge on any atom is 0.138 e. The van der Waals surface area contributed by atoms with Crippen molar-refractivity contribution in [1.29, 1.82) is 0 Å². The number of halogens is 1. The number of aromatic nitrogens is 2. The summed E-state index contributed by atoms with van der Waals surface area (Å²) >= 11 is 3.57. The third-order valence-corrected chi connectivity index (χ3v) is 6.04. The first-order valence-electron chi connectivity index (χ1n) is 10.5. The predicted molar refractivity (Wildman–Crippen MR) is 127 cm³/mol. The minimum atomic E-state index is 0.679. The van der Waals surface area contributed by atoms with E-state index in [1.807, 2.05) is 24.4 Å². The Bertz CT molecular complexity index is 1150. The smallest absolute Gasteiger partial charge is 0.138 e. The highest BCUT2D eigenvalue weighted by Crippen LogP contribution is 2.39. The van der Waals surface area contributed by atoms with E-state index in [1.165, 1.54) is 0 Å². The van der Waals surface area contributed by atoms with Gasteiger partial charge in [-0.15, -0.1) is 0 Å². The molecule has 1 saturated heterocycles. The van der Waals surface area contributed by atoms with Crippen molar-refractivity contribution < 1.29 is 9.47 Å². The average molecular weight is 478 g/mol. The minimum absolute atomic E-state index is 0.679. The molecule has 0 spiro atoms. The summed E-state index contributed by atoms with van der Waals surface area (Å²) in [5.41, 5.74) is 5.36. The standard InChI is InChI=1S/C25H24BrN3O2/c26-20-16-22-23(24(28-25(22)27-17-20)19-4-2-1-3-5-19)18-6-8-21(9-7-18)31-15-12-29-10-13-30-14-11-29/h1-9,16-17H,10-15H2,(H,27,28). The van der Waals surface area contributed by atoms with Crippen LogP contribution in [0.2, 0.25) is 0 Å². The van der Waals surface area contributed by atoms with Gasteiger partial charge in [0.1, 0.15) is 18.0 Å². The summed E-state index contributed by atoms with van der Waals surface area (Å²) in [7, 11) is 0. The summed E-state index contributed by atoms with van der Waals surface area (Å²) in [5, 5.41) is 1.09. The van der Waals surface area contributed by atoms with Gasteiger partial charge in [-0.05, 0) is 45.3 Å². The molecule has 1 fully saturated rings. The number of benzene rings is 2. The molecule has 1 N–H and O–H groups in total. The van der Waals surface area contributed by atoms with Gasteiger partial charge >= 0.3 is 0 Å². The number of H-pyrrole nitrogens is 1. The molecule has 1 aliphatic heterocycles. The minimum Gasteiger partial charge on any atom is -0.492 e. The Kier molecular flexibility index (Phi) is 6.02. The number of nitrogens with zero attached hydrogens (tertiary/aromatic N) is 2. The van der Waals surface area contributed by atoms with Gasteiger partial charge in [0.15, 0.2) is 0 Å². The summed E-state index contributed by atoms with van der Waals surface area (Å²) in [6.07, 6.45) is 1.82. The van der Waals surface area contributed by atoms with E-state index in [4.69, 9.17) is 9.47 Å². The fourth-order valence-corrected chi connectivity index (χ4v) is 4.33. The van der Waals surface area contributed by atoms with Gasteiger partial charge in [-0.3, -0.25) is 4.90 Å². The van der Waals surface area contributed by atoms with Crippen LogP contribution in [0.4, 0.5) is 0 Å². The van der Waals surface area contributed by atoms with Crippen molar-refractivity contribution >= 4 is 27.0 Å². The third kappa shape index (κ3) is 4.51. The molecule has 0 atom stereocenters. The number of fused-ring (bicyclic) bond motifs is 1. The molecule has 5 rings (SSSR count). The molecule has 4 aromatic rings. The molecule has 0 saturated carbocycles. The average Bonchev–Trinajstić information content (AvgIpc) is 3.19. The van der Waals surface area contributed by atoms with E-state index < -0.39 is 0 Å². The second-order valence-electron chi connectivity index (χ2n) is 7.62. The summed E-state index contributed by atoms with van der Waals surface area (Å²) in [5.74, 6) is 0.886. The normalized spacial score (nSPS) is 14.7. The zero-order chi connectivity index (χ0) is 21.0. The first-order valence-corrected chi connectivity index (χ1v) is 11.3. The molecule has 6 heteroatoms. The highest BCUT2D eigenvalue weighted by atomic mass is 79.9. The Labute approximate surface area is 190 Å². The van der Waals surface area contributed by atoms with Crippen molar-refractivity contribution in [3.05, 3.63) is 71.3 Å². The highest BCUT2D eigenvalue weighted by molar-refractivity contribution is 9.10. The van der Waals surface area contributed by atoms with Crippen LogP contribution in [0.15, 0.2) is 71.3 Å². The van der Waals surface area contributed by atoms with Gasteiger partial charge < -0.3 is 14.5 Å². The molecular weight excluding hydrogens is 454 g/mol. The van der Waals surface area contributed by atoms with Crippen LogP contribution < -0.4 is 4.74 Å². The van der Waals surface area contributed by atoms with Crippen LogP contribution in [-0.4, -0.2) is 54.3 Å². The SMILES string of the molecule is Brc1cnc2[nH]c(-c3ccccc3)c(-c3ccc(OCCN4CCOCC4)cc3)c2c1. The summed E-state index contributed by atoms with van der Waals surface area (Å²) in [4.78, 5) is 10.5. The molecule has 2 aromatic heterocycles. The molecule has 0 aliphatic carbocycles. The van der Waals surface area contributed by atoms with Crippen molar-refractivity contribution in [2.45, 2.75) is 0 Å². The zero-order valence-corrected chi connectivity index (χ0v) is 18.8. The van der Waals surface area contributed by atoms with Crippen LogP contribution in [0.5, 0.6) is 5.75 Å². The van der Waals surface area contributed by atoms with E-state index in [9.17, 15) is 0 Å². The Hall–Kier alpha value is -2.67. The molecule has 0 amide bonds. The number of morpholine rings is 1. The second-order valence-corrected chi connectivity index (χ2v) is 8.53. The van der Waals surface area contributed by atoms with Crippen molar-refractivity contribution in [3.8, 4) is 28.1 Å². The number of aromatic amines is 1. The number of hydrogen-bond donors (Lipinski definition) is 1. The van der Waals surface area contributed by atoms with Gasteiger partial charge in [0.25, 0.3) is 0 Å². The number of ether oxygens (including phenoxy) is 2. The number of nitrogens with one attached hydrogen (secondary N) is 1. The molecule has 31 heavy (non-hydrogen) atoms. The van der Waals surface area contributed by atoms with E-state index >= 15 is 0 Å². The largest absolute Gasteiger partial charge is 0.492 e. The fraction of sp³-hybridized carbons (Fsp3) is 0.240. The molecule has 0 unspecified atom stereocenters. The lowest BCUT2D eigenvalue weighted by Crippen LogP contribution is -2.38. The van der Waals surface area contributed by atoms with Crippen molar-refractivity contribution in [3.63, 3.8) is 0 Å². The predicted octanol–water partition coefficient (Wildman–Crippen LogP) is 5.37. The second kappa shape index (κ2) is 9.22. The molecule has 158 valence electrons. The topological polar surface area (TPSA) is 50.4 Å². The third-order valence-electron chi connectivity index (χ3n) is 5.60. The molecule has 0 radical (unpaired) electrons. The molecular formula is C25H24BrN3O2. The molecule has 2 aromatic carbocycles. The molecule has 0 bridgehead atoms. The molecule has 1 aliphatic rings. The summed E-state index contributed by atoms with van der Waals surface area (Å²) < 4.78 is 12.4. The maximum atomic E-state index is 5.99. The van der Waals surface area contributed by atoms with Crippen molar-refractivity contribution in [2.24, 2.45) is 0 Å². The lowest BCUT2D eigenvalue weighted by molar-refractivity contribution is 0.0322. The summed E-state index contributed by atoms with van der Waals surface area (Å²) in [6, 6.07) is 20.8. The Morgan fingerprint density at radius 2 is 1.77 bits per heavy atom. The maximum absolute atomic E-state index is 5.99. The van der Waals surface area contributed by atoms with E-state index in [0.717, 1.165) is 76.5 Å². The monoisotopic (exact) mass is 477 g/mol. The van der Waals surface area contributed by atoms with Crippen LogP contribution in [0.3, 0.4) is 0 Å². The lowest BCUT2D eigenvalue weighted by Gasteiger charge is -2.26. The van der Waals surface area contributed by atoms with Gasteiger partial charge in [-0.25, -0.2) is 4.98 Å². The van der Waals surface area contributed by atoms with Gasteiger partial charge in [-0.1, -0.05) is 42.5 Å². The van der Waals surface area contributed by atoms with Crippen LogP contribution in [0, 0.1) is 0 Å². The number of rotatable bonds is 6. The van der Waals surface area contributed by atoms with Gasteiger partial charge in [0, 0.05) is 41.3 Å². The quantitative estimate of drug-likeness (QED) is 0.405. The van der Waals surface area contributed by atoms with Crippen LogP contribution in [0.1, 0.15) is 0 Å². The number of pyridine rings is 1. The first kappa shape index (κ1) is 20.2. The van der Waals surface area contributed by atoms with E-state index in [1.54, 1.807) is 0 Å². The Morgan fingerprint density at radius 3 is 2.55 bits per heavy atom.